The summed E-state index contributed by atoms with van der Waals surface area (Å²) in [7, 11) is 3.33. The van der Waals surface area contributed by atoms with E-state index in [1.807, 2.05) is 49.1 Å². The lowest BCUT2D eigenvalue weighted by Gasteiger charge is -2.29. The van der Waals surface area contributed by atoms with Crippen molar-refractivity contribution in [1.29, 1.82) is 5.26 Å². The van der Waals surface area contributed by atoms with Gasteiger partial charge in [0.05, 0.1) is 28.3 Å². The van der Waals surface area contributed by atoms with Crippen molar-refractivity contribution in [3.8, 4) is 16.5 Å². The summed E-state index contributed by atoms with van der Waals surface area (Å²) in [5.74, 6) is 0.172. The van der Waals surface area contributed by atoms with E-state index in [1.165, 1.54) is 34.2 Å². The Hall–Kier alpha value is -5.78. The number of carbonyl (C=O) groups excluding carboxylic acids is 1. The van der Waals surface area contributed by atoms with Gasteiger partial charge in [0, 0.05) is 80.2 Å². The lowest BCUT2D eigenvalue weighted by atomic mass is 9.81. The Morgan fingerprint density at radius 3 is 2.76 bits per heavy atom. The topological polar surface area (TPSA) is 164 Å². The number of rotatable bonds is 7. The number of nitrogens with one attached hydrogen (secondary N) is 2. The van der Waals surface area contributed by atoms with Gasteiger partial charge in [-0.15, -0.1) is 0 Å². The number of aryl methyl sites for hydroxylation is 1. The highest BCUT2D eigenvalue weighted by molar-refractivity contribution is 7.19. The van der Waals surface area contributed by atoms with Gasteiger partial charge in [-0.1, -0.05) is 25.2 Å². The van der Waals surface area contributed by atoms with E-state index < -0.39 is 11.6 Å². The monoisotopic (exact) mass is 688 g/mol. The van der Waals surface area contributed by atoms with Crippen LogP contribution in [0.4, 0.5) is 5.13 Å². The van der Waals surface area contributed by atoms with Crippen LogP contribution in [0.25, 0.3) is 21.5 Å². The van der Waals surface area contributed by atoms with Crippen LogP contribution in [0, 0.1) is 11.3 Å². The average molecular weight is 689 g/mol. The minimum absolute atomic E-state index is 0.113. The van der Waals surface area contributed by atoms with E-state index in [-0.39, 0.29) is 22.9 Å². The molecule has 7 rings (SSSR count). The molecule has 13 nitrogen and oxygen atoms in total. The molecule has 252 valence electrons. The van der Waals surface area contributed by atoms with Crippen LogP contribution in [0.15, 0.2) is 83.0 Å². The summed E-state index contributed by atoms with van der Waals surface area (Å²) >= 11 is 1.29. The molecular weight excluding hydrogens is 655 g/mol. The Balaban J connectivity index is 1.15. The Kier molecular flexibility index (Phi) is 8.46. The lowest BCUT2D eigenvalue weighted by Crippen LogP contribution is -2.47. The van der Waals surface area contributed by atoms with E-state index in [0.717, 1.165) is 27.0 Å². The van der Waals surface area contributed by atoms with E-state index in [9.17, 15) is 19.6 Å². The quantitative estimate of drug-likeness (QED) is 0.234. The molecule has 1 saturated heterocycles. The molecule has 0 aromatic carbocycles. The zero-order valence-corrected chi connectivity index (χ0v) is 28.7. The number of ether oxygens (including phenoxy) is 1. The van der Waals surface area contributed by atoms with Crippen LogP contribution >= 0.6 is 11.3 Å². The molecule has 0 saturated carbocycles. The average Bonchev–Trinajstić information content (AvgIpc) is 3.80. The molecule has 50 heavy (non-hydrogen) atoms. The number of nitrogens with zero attached hydrogens (tertiary/aromatic N) is 7. The molecule has 0 radical (unpaired) electrons. The van der Waals surface area contributed by atoms with Gasteiger partial charge in [0.2, 0.25) is 5.56 Å². The van der Waals surface area contributed by atoms with Gasteiger partial charge in [-0.25, -0.2) is 15.0 Å². The number of pyridine rings is 3. The fourth-order valence-corrected chi connectivity index (χ4v) is 7.04. The molecule has 1 aliphatic rings. The highest BCUT2D eigenvalue weighted by atomic mass is 32.1. The lowest BCUT2D eigenvalue weighted by molar-refractivity contribution is -0.767. The first-order chi connectivity index (χ1) is 24.0. The fourth-order valence-electron chi connectivity index (χ4n) is 6.24. The van der Waals surface area contributed by atoms with Crippen molar-refractivity contribution in [3.63, 3.8) is 0 Å². The maximum absolute atomic E-state index is 13.4. The molecule has 1 fully saturated rings. The van der Waals surface area contributed by atoms with Gasteiger partial charge in [-0.3, -0.25) is 24.3 Å². The second-order valence-electron chi connectivity index (χ2n) is 12.9. The number of aromatic amines is 1. The standard InChI is InChI=1S/C36H33N9O4S/c1-36(2,25-13-21-9-11-38-32(21)39-17-25)28-15-30(47)44(4)33(41-28)22-10-12-49-31(14-22)45-20-23(5-7-26(45)16-37)27-18-40-35(50-27)42-34(48)24-6-8-29(46)43(3)19-24/h5-9,11,13,15,17-20,22,31H,10,12,14H2,1-4H3,(H-,38,39,40,42,48)/p+1. The van der Waals surface area contributed by atoms with Crippen molar-refractivity contribution < 1.29 is 14.1 Å². The maximum atomic E-state index is 13.4. The molecule has 0 spiro atoms. The van der Waals surface area contributed by atoms with Crippen molar-refractivity contribution in [3.05, 3.63) is 122 Å². The summed E-state index contributed by atoms with van der Waals surface area (Å²) < 4.78 is 11.0. The van der Waals surface area contributed by atoms with Gasteiger partial charge in [0.1, 0.15) is 11.5 Å². The molecular formula is C36H34N9O4S+. The van der Waals surface area contributed by atoms with E-state index in [4.69, 9.17) is 9.72 Å². The number of aromatic nitrogens is 7. The number of amides is 1. The number of thiazole rings is 1. The SMILES string of the molecule is Cn1cc(C(=O)Nc2ncc(-c3ccc(C#N)[n+](C4CC(c5nc(C(C)(C)c6cnc7[nH]ccc7c6)cc(=O)n5C)CCO4)c3)s2)ccc1=O. The van der Waals surface area contributed by atoms with Gasteiger partial charge in [0.15, 0.2) is 17.4 Å². The molecule has 1 amide bonds. The molecule has 6 aromatic rings. The molecule has 0 bridgehead atoms. The summed E-state index contributed by atoms with van der Waals surface area (Å²) in [6.07, 6.45) is 9.32. The largest absolute Gasteiger partial charge is 0.346 e. The predicted molar refractivity (Wildman–Crippen MR) is 187 cm³/mol. The third-order valence-electron chi connectivity index (χ3n) is 9.32. The zero-order valence-electron chi connectivity index (χ0n) is 27.9. The highest BCUT2D eigenvalue weighted by Gasteiger charge is 2.36. The Morgan fingerprint density at radius 1 is 1.12 bits per heavy atom. The number of fused-ring (bicyclic) bond motifs is 1. The van der Waals surface area contributed by atoms with Gasteiger partial charge < -0.3 is 14.3 Å². The highest BCUT2D eigenvalue weighted by Crippen LogP contribution is 2.36. The van der Waals surface area contributed by atoms with Crippen LogP contribution in [0.1, 0.15) is 72.0 Å². The summed E-state index contributed by atoms with van der Waals surface area (Å²) in [6.45, 7) is 4.50. The van der Waals surface area contributed by atoms with Crippen molar-refractivity contribution in [2.24, 2.45) is 14.1 Å². The first-order valence-corrected chi connectivity index (χ1v) is 16.9. The Labute approximate surface area is 290 Å². The first kappa shape index (κ1) is 32.8. The Bertz CT molecular complexity index is 2430. The molecule has 1 aliphatic heterocycles. The van der Waals surface area contributed by atoms with Crippen LogP contribution in [-0.2, 0) is 24.2 Å². The van der Waals surface area contributed by atoms with Crippen LogP contribution in [0.3, 0.4) is 0 Å². The minimum Gasteiger partial charge on any atom is -0.346 e. The summed E-state index contributed by atoms with van der Waals surface area (Å²) in [4.78, 5) is 55.8. The second-order valence-corrected chi connectivity index (χ2v) is 13.9. The molecule has 2 unspecified atom stereocenters. The van der Waals surface area contributed by atoms with Gasteiger partial charge >= 0.3 is 0 Å². The molecule has 7 heterocycles. The van der Waals surface area contributed by atoms with Crippen LogP contribution in [0.5, 0.6) is 0 Å². The molecule has 6 aromatic heterocycles. The van der Waals surface area contributed by atoms with Gasteiger partial charge in [0.25, 0.3) is 23.4 Å². The maximum Gasteiger partial charge on any atom is 0.285 e. The van der Waals surface area contributed by atoms with Crippen LogP contribution in [0.2, 0.25) is 0 Å². The number of H-pyrrole nitrogens is 1. The van der Waals surface area contributed by atoms with Crippen molar-refractivity contribution in [2.45, 2.75) is 44.2 Å². The Morgan fingerprint density at radius 2 is 1.96 bits per heavy atom. The molecule has 0 aliphatic carbocycles. The van der Waals surface area contributed by atoms with Gasteiger partial charge in [-0.05, 0) is 36.2 Å². The number of hydrogen-bond donors (Lipinski definition) is 2. The third-order valence-corrected chi connectivity index (χ3v) is 10.3. The first-order valence-electron chi connectivity index (χ1n) is 16.0. The van der Waals surface area contributed by atoms with E-state index in [1.54, 1.807) is 37.0 Å². The summed E-state index contributed by atoms with van der Waals surface area (Å²) in [5, 5.41) is 14.2. The van der Waals surface area contributed by atoms with Crippen LogP contribution in [-0.4, -0.2) is 41.6 Å². The second kappa shape index (κ2) is 12.9. The zero-order chi connectivity index (χ0) is 35.2. The molecule has 14 heteroatoms. The number of carbonyl (C=O) groups is 1. The van der Waals surface area contributed by atoms with Crippen LogP contribution < -0.4 is 21.0 Å². The minimum atomic E-state index is -0.589. The predicted octanol–water partition coefficient (Wildman–Crippen LogP) is 4.31. The molecule has 2 atom stereocenters. The molecule has 2 N–H and O–H groups in total. The van der Waals surface area contributed by atoms with E-state index >= 15 is 0 Å². The van der Waals surface area contributed by atoms with E-state index in [2.05, 4.69) is 32.4 Å². The fraction of sp³-hybridized carbons (Fsp3) is 0.278. The van der Waals surface area contributed by atoms with E-state index in [0.29, 0.717) is 47.4 Å². The number of anilines is 1. The summed E-state index contributed by atoms with van der Waals surface area (Å²) in [6, 6.07) is 14.3. The normalized spacial score (nSPS) is 16.3. The van der Waals surface area contributed by atoms with Crippen molar-refractivity contribution >= 4 is 33.4 Å². The smallest absolute Gasteiger partial charge is 0.285 e. The van der Waals surface area contributed by atoms with Crippen molar-refractivity contribution in [1.82, 2.24) is 29.1 Å². The third kappa shape index (κ3) is 6.13. The van der Waals surface area contributed by atoms with Gasteiger partial charge in [-0.2, -0.15) is 9.83 Å². The van der Waals surface area contributed by atoms with Crippen molar-refractivity contribution in [2.75, 3.05) is 11.9 Å². The summed E-state index contributed by atoms with van der Waals surface area (Å²) in [5.41, 5.74) is 3.00. The number of nitriles is 1. The number of hydrogen-bond acceptors (Lipinski definition) is 9.